The van der Waals surface area contributed by atoms with Crippen LogP contribution in [0.4, 0.5) is 0 Å². The van der Waals surface area contributed by atoms with Crippen LogP contribution < -0.4 is 4.74 Å². The Morgan fingerprint density at radius 1 is 1.23 bits per heavy atom. The summed E-state index contributed by atoms with van der Waals surface area (Å²) in [7, 11) is 1.56. The number of benzene rings is 1. The Labute approximate surface area is 177 Å². The number of hydrogen-bond acceptors (Lipinski definition) is 5. The molecule has 1 aliphatic rings. The largest absolute Gasteiger partial charge is 0.497 e. The Hall–Kier alpha value is -2.80. The first-order valence-corrected chi connectivity index (χ1v) is 10.3. The maximum atomic E-state index is 13.2. The highest BCUT2D eigenvalue weighted by molar-refractivity contribution is 5.97. The van der Waals surface area contributed by atoms with Crippen molar-refractivity contribution in [1.82, 2.24) is 9.80 Å². The molecular weight excluding hydrogens is 384 g/mol. The second-order valence-corrected chi connectivity index (χ2v) is 7.75. The van der Waals surface area contributed by atoms with Crippen molar-refractivity contribution in [2.24, 2.45) is 0 Å². The highest BCUT2D eigenvalue weighted by Crippen LogP contribution is 2.18. The predicted molar refractivity (Wildman–Crippen MR) is 112 cm³/mol. The van der Waals surface area contributed by atoms with Gasteiger partial charge >= 0.3 is 0 Å². The highest BCUT2D eigenvalue weighted by Gasteiger charge is 2.28. The predicted octanol–water partition coefficient (Wildman–Crippen LogP) is 3.35. The van der Waals surface area contributed by atoms with Crippen molar-refractivity contribution in [2.45, 2.75) is 45.4 Å². The molecule has 162 valence electrons. The van der Waals surface area contributed by atoms with Gasteiger partial charge in [0.1, 0.15) is 18.1 Å². The average Bonchev–Trinajstić information content (AvgIpc) is 3.45. The van der Waals surface area contributed by atoms with Gasteiger partial charge in [-0.3, -0.25) is 9.59 Å². The quantitative estimate of drug-likeness (QED) is 0.629. The molecule has 3 rings (SSSR count). The summed E-state index contributed by atoms with van der Waals surface area (Å²) in [5.74, 6) is 0.976. The molecule has 1 saturated heterocycles. The summed E-state index contributed by atoms with van der Waals surface area (Å²) >= 11 is 0. The standard InChI is InChI=1S/C23H30N2O5/c1-17(2)25(23(27)18-7-4-8-19(13-18)28-3)16-22(26)24(14-20-9-5-11-29-20)15-21-10-6-12-30-21/h4-5,7-9,11,13,17,21H,6,10,12,14-16H2,1-3H3. The maximum Gasteiger partial charge on any atom is 0.254 e. The fourth-order valence-corrected chi connectivity index (χ4v) is 3.54. The average molecular weight is 415 g/mol. The minimum atomic E-state index is -0.202. The Kier molecular flexibility index (Phi) is 7.52. The third-order valence-electron chi connectivity index (χ3n) is 5.23. The van der Waals surface area contributed by atoms with Crippen LogP contribution in [0.3, 0.4) is 0 Å². The first kappa shape index (κ1) is 21.9. The molecular formula is C23H30N2O5. The van der Waals surface area contributed by atoms with Crippen LogP contribution in [0.1, 0.15) is 42.8 Å². The van der Waals surface area contributed by atoms with E-state index in [9.17, 15) is 9.59 Å². The Balaban J connectivity index is 1.74. The molecule has 0 spiro atoms. The van der Waals surface area contributed by atoms with Crippen LogP contribution in [-0.2, 0) is 16.1 Å². The lowest BCUT2D eigenvalue weighted by Crippen LogP contribution is -2.47. The van der Waals surface area contributed by atoms with Crippen molar-refractivity contribution in [3.8, 4) is 5.75 Å². The summed E-state index contributed by atoms with van der Waals surface area (Å²) in [5.41, 5.74) is 0.493. The van der Waals surface area contributed by atoms with E-state index in [2.05, 4.69) is 0 Å². The molecule has 0 saturated carbocycles. The Morgan fingerprint density at radius 2 is 2.07 bits per heavy atom. The van der Waals surface area contributed by atoms with Crippen LogP contribution in [0, 0.1) is 0 Å². The molecule has 1 aromatic heterocycles. The summed E-state index contributed by atoms with van der Waals surface area (Å²) < 4.78 is 16.4. The zero-order valence-corrected chi connectivity index (χ0v) is 17.9. The number of furan rings is 1. The van der Waals surface area contributed by atoms with Gasteiger partial charge in [-0.2, -0.15) is 0 Å². The van der Waals surface area contributed by atoms with Crippen molar-refractivity contribution in [1.29, 1.82) is 0 Å². The monoisotopic (exact) mass is 414 g/mol. The van der Waals surface area contributed by atoms with Crippen LogP contribution in [0.25, 0.3) is 0 Å². The molecule has 0 aliphatic carbocycles. The summed E-state index contributed by atoms with van der Waals surface area (Å²) in [6.45, 7) is 5.36. The van der Waals surface area contributed by atoms with Crippen LogP contribution in [-0.4, -0.2) is 60.6 Å². The van der Waals surface area contributed by atoms with Gasteiger partial charge in [-0.15, -0.1) is 0 Å². The fraction of sp³-hybridized carbons (Fsp3) is 0.478. The van der Waals surface area contributed by atoms with Gasteiger partial charge in [0.05, 0.1) is 26.0 Å². The number of carbonyl (C=O) groups excluding carboxylic acids is 2. The number of methoxy groups -OCH3 is 1. The molecule has 2 amide bonds. The van der Waals surface area contributed by atoms with E-state index in [0.29, 0.717) is 30.2 Å². The van der Waals surface area contributed by atoms with E-state index in [-0.39, 0.29) is 30.5 Å². The van der Waals surface area contributed by atoms with Crippen molar-refractivity contribution in [3.05, 3.63) is 54.0 Å². The topological polar surface area (TPSA) is 72.2 Å². The first-order chi connectivity index (χ1) is 14.5. The SMILES string of the molecule is COc1cccc(C(=O)N(CC(=O)N(Cc2ccco2)CC2CCCO2)C(C)C)c1. The number of carbonyl (C=O) groups is 2. The van der Waals surface area contributed by atoms with Crippen LogP contribution in [0.15, 0.2) is 47.1 Å². The van der Waals surface area contributed by atoms with Gasteiger partial charge in [0.25, 0.3) is 5.91 Å². The van der Waals surface area contributed by atoms with Gasteiger partial charge in [-0.05, 0) is 57.0 Å². The van der Waals surface area contributed by atoms with Crippen LogP contribution in [0.2, 0.25) is 0 Å². The van der Waals surface area contributed by atoms with E-state index < -0.39 is 0 Å². The van der Waals surface area contributed by atoms with E-state index in [0.717, 1.165) is 19.4 Å². The highest BCUT2D eigenvalue weighted by atomic mass is 16.5. The van der Waals surface area contributed by atoms with Crippen molar-refractivity contribution in [2.75, 3.05) is 26.8 Å². The zero-order valence-electron chi connectivity index (χ0n) is 17.9. The fourth-order valence-electron chi connectivity index (χ4n) is 3.54. The van der Waals surface area contributed by atoms with Crippen LogP contribution in [0.5, 0.6) is 5.75 Å². The van der Waals surface area contributed by atoms with Gasteiger partial charge in [-0.25, -0.2) is 0 Å². The van der Waals surface area contributed by atoms with Gasteiger partial charge in [-0.1, -0.05) is 6.07 Å². The minimum Gasteiger partial charge on any atom is -0.497 e. The zero-order chi connectivity index (χ0) is 21.5. The molecule has 1 atom stereocenters. The summed E-state index contributed by atoms with van der Waals surface area (Å²) in [6, 6.07) is 10.5. The second-order valence-electron chi connectivity index (χ2n) is 7.75. The van der Waals surface area contributed by atoms with Crippen LogP contribution >= 0.6 is 0 Å². The molecule has 7 heteroatoms. The molecule has 0 bridgehead atoms. The van der Waals surface area contributed by atoms with Gasteiger partial charge in [0.2, 0.25) is 5.91 Å². The summed E-state index contributed by atoms with van der Waals surface area (Å²) in [4.78, 5) is 29.7. The summed E-state index contributed by atoms with van der Waals surface area (Å²) in [5, 5.41) is 0. The number of rotatable bonds is 9. The lowest BCUT2D eigenvalue weighted by molar-refractivity contribution is -0.134. The van der Waals surface area contributed by atoms with Gasteiger partial charge in [0.15, 0.2) is 0 Å². The number of hydrogen-bond donors (Lipinski definition) is 0. The molecule has 2 heterocycles. The molecule has 1 unspecified atom stereocenters. The smallest absolute Gasteiger partial charge is 0.254 e. The molecule has 2 aromatic rings. The Bertz CT molecular complexity index is 828. The van der Waals surface area contributed by atoms with Gasteiger partial charge in [0, 0.05) is 24.8 Å². The third-order valence-corrected chi connectivity index (χ3v) is 5.23. The van der Waals surface area contributed by atoms with E-state index in [1.807, 2.05) is 19.9 Å². The molecule has 1 fully saturated rings. The molecule has 7 nitrogen and oxygen atoms in total. The molecule has 30 heavy (non-hydrogen) atoms. The maximum absolute atomic E-state index is 13.2. The van der Waals surface area contributed by atoms with E-state index >= 15 is 0 Å². The number of amides is 2. The number of ether oxygens (including phenoxy) is 2. The van der Waals surface area contributed by atoms with E-state index in [4.69, 9.17) is 13.9 Å². The summed E-state index contributed by atoms with van der Waals surface area (Å²) in [6.07, 6.45) is 3.54. The van der Waals surface area contributed by atoms with E-state index in [1.54, 1.807) is 53.5 Å². The second kappa shape index (κ2) is 10.3. The first-order valence-electron chi connectivity index (χ1n) is 10.3. The lowest BCUT2D eigenvalue weighted by Gasteiger charge is -2.31. The van der Waals surface area contributed by atoms with Crippen molar-refractivity contribution in [3.63, 3.8) is 0 Å². The van der Waals surface area contributed by atoms with Crippen molar-refractivity contribution >= 4 is 11.8 Å². The van der Waals surface area contributed by atoms with Crippen molar-refractivity contribution < 1.29 is 23.5 Å². The minimum absolute atomic E-state index is 0.0128. The molecule has 1 aliphatic heterocycles. The molecule has 1 aromatic carbocycles. The third kappa shape index (κ3) is 5.63. The van der Waals surface area contributed by atoms with E-state index in [1.165, 1.54) is 0 Å². The normalized spacial score (nSPS) is 15.9. The lowest BCUT2D eigenvalue weighted by atomic mass is 10.1. The number of nitrogens with zero attached hydrogens (tertiary/aromatic N) is 2. The van der Waals surface area contributed by atoms with Gasteiger partial charge < -0.3 is 23.7 Å². The Morgan fingerprint density at radius 3 is 2.70 bits per heavy atom. The molecule has 0 N–H and O–H groups in total. The molecule has 0 radical (unpaired) electrons.